The van der Waals surface area contributed by atoms with Crippen LogP contribution in [0, 0.1) is 0 Å². The average Bonchev–Trinajstić information content (AvgIpc) is 1.87. The maximum Gasteiger partial charge on any atom is 0.116 e. The van der Waals surface area contributed by atoms with E-state index in [1.165, 1.54) is 12.0 Å². The Labute approximate surface area is 66.8 Å². The molecule has 10 heavy (non-hydrogen) atoms. The molecular weight excluding hydrogens is 138 g/mol. The molecule has 0 aromatic rings. The molecule has 0 spiro atoms. The highest BCUT2D eigenvalue weighted by atomic mass is 28.2. The molecule has 2 heteroatoms. The fourth-order valence-corrected chi connectivity index (χ4v) is 1.83. The predicted octanol–water partition coefficient (Wildman–Crippen LogP) is 1.38. The van der Waals surface area contributed by atoms with Gasteiger partial charge in [-0.05, 0) is 26.3 Å². The van der Waals surface area contributed by atoms with Gasteiger partial charge in [0.25, 0.3) is 0 Å². The molecule has 0 fully saturated rings. The topological polar surface area (TPSA) is 12.0 Å². The Morgan fingerprint density at radius 2 is 2.20 bits per heavy atom. The summed E-state index contributed by atoms with van der Waals surface area (Å²) in [6.07, 6.45) is 1.24. The highest BCUT2D eigenvalue weighted by molar-refractivity contribution is 6.39. The molecule has 0 bridgehead atoms. The van der Waals surface area contributed by atoms with Gasteiger partial charge in [0.05, 0.1) is 0 Å². The molecule has 0 rings (SSSR count). The highest BCUT2D eigenvalue weighted by Crippen LogP contribution is 1.88. The predicted molar refractivity (Wildman–Crippen MR) is 50.9 cm³/mol. The molecule has 0 heterocycles. The van der Waals surface area contributed by atoms with E-state index in [0.29, 0.717) is 6.04 Å². The van der Waals surface area contributed by atoms with Crippen LogP contribution in [-0.4, -0.2) is 15.7 Å². The lowest BCUT2D eigenvalue weighted by Gasteiger charge is -2.07. The normalized spacial score (nSPS) is 14.0. The van der Waals surface area contributed by atoms with Crippen LogP contribution in [0.15, 0.2) is 11.3 Å². The van der Waals surface area contributed by atoms with Crippen LogP contribution >= 0.6 is 0 Å². The molecular formula is C8H19NSi. The molecule has 0 radical (unpaired) electrons. The van der Waals surface area contributed by atoms with Gasteiger partial charge in [0.15, 0.2) is 0 Å². The quantitative estimate of drug-likeness (QED) is 0.608. The van der Waals surface area contributed by atoms with Gasteiger partial charge in [-0.3, -0.25) is 0 Å². The van der Waals surface area contributed by atoms with Crippen LogP contribution in [-0.2, 0) is 0 Å². The lowest BCUT2D eigenvalue weighted by Crippen LogP contribution is -2.27. The lowest BCUT2D eigenvalue weighted by molar-refractivity contribution is 0.657. The van der Waals surface area contributed by atoms with E-state index in [2.05, 4.69) is 38.4 Å². The number of allylic oxidation sites excluding steroid dienone is 1. The van der Waals surface area contributed by atoms with E-state index in [-0.39, 0.29) is 9.68 Å². The molecule has 0 aliphatic rings. The van der Waals surface area contributed by atoms with Gasteiger partial charge in [0, 0.05) is 0 Å². The van der Waals surface area contributed by atoms with Crippen molar-refractivity contribution < 1.29 is 0 Å². The fourth-order valence-electron chi connectivity index (χ4n) is 0.609. The largest absolute Gasteiger partial charge is 0.337 e. The third-order valence-electron chi connectivity index (χ3n) is 1.59. The van der Waals surface area contributed by atoms with E-state index in [9.17, 15) is 0 Å². The Hall–Kier alpha value is -0.0831. The van der Waals surface area contributed by atoms with Crippen molar-refractivity contribution in [1.29, 1.82) is 0 Å². The van der Waals surface area contributed by atoms with Crippen molar-refractivity contribution >= 4 is 9.68 Å². The Bertz CT molecular complexity index is 106. The summed E-state index contributed by atoms with van der Waals surface area (Å²) in [5.74, 6) is 0. The Morgan fingerprint density at radius 1 is 1.60 bits per heavy atom. The summed E-state index contributed by atoms with van der Waals surface area (Å²) in [6.45, 7) is 8.77. The summed E-state index contributed by atoms with van der Waals surface area (Å²) in [5, 5.41) is 0. The molecule has 1 N–H and O–H groups in total. The smallest absolute Gasteiger partial charge is 0.116 e. The summed E-state index contributed by atoms with van der Waals surface area (Å²) in [6, 6.07) is 0.710. The van der Waals surface area contributed by atoms with Crippen molar-refractivity contribution in [2.45, 2.75) is 40.2 Å². The number of hydrogen-bond acceptors (Lipinski definition) is 1. The van der Waals surface area contributed by atoms with Crippen LogP contribution in [0.1, 0.15) is 34.1 Å². The monoisotopic (exact) mass is 157 g/mol. The standard InChI is InChI=1S/C8H19NSi/c1-5-8(4)9-10-6-7(2)3/h6,8-9H,5,10H2,1-4H3. The summed E-state index contributed by atoms with van der Waals surface area (Å²) in [5.41, 5.74) is 3.80. The molecule has 0 aromatic carbocycles. The first-order chi connectivity index (χ1) is 4.66. The molecule has 0 amide bonds. The molecule has 0 saturated heterocycles. The van der Waals surface area contributed by atoms with Crippen LogP contribution in [0.3, 0.4) is 0 Å². The minimum absolute atomic E-state index is 0.107. The summed E-state index contributed by atoms with van der Waals surface area (Å²) in [7, 11) is -0.107. The van der Waals surface area contributed by atoms with E-state index in [0.717, 1.165) is 0 Å². The van der Waals surface area contributed by atoms with E-state index >= 15 is 0 Å². The minimum atomic E-state index is -0.107. The molecule has 0 aromatic heterocycles. The third-order valence-corrected chi connectivity index (χ3v) is 3.54. The first-order valence-corrected chi connectivity index (χ1v) is 5.56. The molecule has 0 saturated carbocycles. The maximum absolute atomic E-state index is 3.53. The lowest BCUT2D eigenvalue weighted by atomic mass is 10.3. The summed E-state index contributed by atoms with van der Waals surface area (Å²) in [4.78, 5) is 3.53. The van der Waals surface area contributed by atoms with Crippen LogP contribution in [0.5, 0.6) is 0 Å². The van der Waals surface area contributed by atoms with Crippen molar-refractivity contribution in [3.8, 4) is 0 Å². The maximum atomic E-state index is 3.53. The van der Waals surface area contributed by atoms with Crippen LogP contribution < -0.4 is 4.98 Å². The number of hydrogen-bond donors (Lipinski definition) is 1. The van der Waals surface area contributed by atoms with Gasteiger partial charge in [-0.25, -0.2) is 0 Å². The Kier molecular flexibility index (Phi) is 5.64. The summed E-state index contributed by atoms with van der Waals surface area (Å²) >= 11 is 0. The fraction of sp³-hybridized carbons (Fsp3) is 0.750. The van der Waals surface area contributed by atoms with Crippen LogP contribution in [0.25, 0.3) is 0 Å². The van der Waals surface area contributed by atoms with E-state index in [1.807, 2.05) is 0 Å². The van der Waals surface area contributed by atoms with Gasteiger partial charge >= 0.3 is 0 Å². The van der Waals surface area contributed by atoms with Crippen molar-refractivity contribution in [2.75, 3.05) is 0 Å². The van der Waals surface area contributed by atoms with Crippen LogP contribution in [0.4, 0.5) is 0 Å². The van der Waals surface area contributed by atoms with E-state index < -0.39 is 0 Å². The van der Waals surface area contributed by atoms with Crippen molar-refractivity contribution in [2.24, 2.45) is 0 Å². The average molecular weight is 157 g/mol. The summed E-state index contributed by atoms with van der Waals surface area (Å²) < 4.78 is 0. The molecule has 1 nitrogen and oxygen atoms in total. The van der Waals surface area contributed by atoms with E-state index in [4.69, 9.17) is 0 Å². The van der Waals surface area contributed by atoms with Gasteiger partial charge in [0.2, 0.25) is 0 Å². The van der Waals surface area contributed by atoms with Gasteiger partial charge in [-0.15, -0.1) is 0 Å². The third kappa shape index (κ3) is 6.04. The van der Waals surface area contributed by atoms with Crippen molar-refractivity contribution in [3.63, 3.8) is 0 Å². The van der Waals surface area contributed by atoms with Crippen molar-refractivity contribution in [3.05, 3.63) is 11.3 Å². The molecule has 1 unspecified atom stereocenters. The molecule has 60 valence electrons. The Morgan fingerprint density at radius 3 is 2.60 bits per heavy atom. The molecule has 0 aliphatic carbocycles. The van der Waals surface area contributed by atoms with Gasteiger partial charge in [-0.1, -0.05) is 25.1 Å². The number of rotatable bonds is 4. The van der Waals surface area contributed by atoms with Crippen LogP contribution in [0.2, 0.25) is 0 Å². The van der Waals surface area contributed by atoms with Gasteiger partial charge < -0.3 is 4.98 Å². The Balaban J connectivity index is 3.28. The SMILES string of the molecule is CCC(C)N[SiH2]C=C(C)C. The zero-order valence-corrected chi connectivity index (χ0v) is 8.98. The van der Waals surface area contributed by atoms with Crippen molar-refractivity contribution in [1.82, 2.24) is 4.98 Å². The van der Waals surface area contributed by atoms with Gasteiger partial charge in [0.1, 0.15) is 9.68 Å². The van der Waals surface area contributed by atoms with E-state index in [1.54, 1.807) is 0 Å². The zero-order chi connectivity index (χ0) is 7.98. The number of nitrogens with one attached hydrogen (secondary N) is 1. The highest BCUT2D eigenvalue weighted by Gasteiger charge is 1.92. The zero-order valence-electron chi connectivity index (χ0n) is 7.57. The first kappa shape index (κ1) is 9.92. The second-order valence-electron chi connectivity index (χ2n) is 3.00. The second-order valence-corrected chi connectivity index (χ2v) is 4.22. The second kappa shape index (κ2) is 5.68. The minimum Gasteiger partial charge on any atom is -0.337 e. The molecule has 0 aliphatic heterocycles. The molecule has 1 atom stereocenters. The first-order valence-electron chi connectivity index (χ1n) is 4.03. The van der Waals surface area contributed by atoms with Gasteiger partial charge in [-0.2, -0.15) is 0 Å².